The number of carboxylic acid groups (broad SMARTS) is 1. The summed E-state index contributed by atoms with van der Waals surface area (Å²) in [6.07, 6.45) is 0.168. The molecule has 0 spiro atoms. The van der Waals surface area contributed by atoms with Crippen molar-refractivity contribution in [2.75, 3.05) is 5.75 Å². The summed E-state index contributed by atoms with van der Waals surface area (Å²) in [5.41, 5.74) is 0.812. The summed E-state index contributed by atoms with van der Waals surface area (Å²) in [7, 11) is 0. The number of carbonyl (C=O) groups is 3. The van der Waals surface area contributed by atoms with E-state index in [4.69, 9.17) is 0 Å². The molecule has 4 rings (SSSR count). The van der Waals surface area contributed by atoms with Gasteiger partial charge in [0.05, 0.1) is 6.42 Å². The lowest BCUT2D eigenvalue weighted by atomic mass is 10.0. The molecule has 2 aliphatic rings. The van der Waals surface area contributed by atoms with Crippen LogP contribution in [0.3, 0.4) is 0 Å². The van der Waals surface area contributed by atoms with Gasteiger partial charge in [-0.15, -0.1) is 22.0 Å². The lowest BCUT2D eigenvalue weighted by Gasteiger charge is -2.49. The Morgan fingerprint density at radius 3 is 2.72 bits per heavy atom. The van der Waals surface area contributed by atoms with Gasteiger partial charge in [0, 0.05) is 10.7 Å². The predicted molar refractivity (Wildman–Crippen MR) is 110 cm³/mol. The molecular formula is C18H16N4O4S3. The third kappa shape index (κ3) is 4.02. The van der Waals surface area contributed by atoms with Crippen molar-refractivity contribution >= 4 is 52.6 Å². The van der Waals surface area contributed by atoms with E-state index in [9.17, 15) is 19.5 Å². The van der Waals surface area contributed by atoms with Gasteiger partial charge >= 0.3 is 5.97 Å². The van der Waals surface area contributed by atoms with E-state index in [1.807, 2.05) is 37.3 Å². The van der Waals surface area contributed by atoms with Crippen molar-refractivity contribution < 1.29 is 19.5 Å². The fourth-order valence-corrected chi connectivity index (χ4v) is 6.56. The number of β-lactam (4-membered cyclic amide) rings is 1. The highest BCUT2D eigenvalue weighted by atomic mass is 32.2. The van der Waals surface area contributed by atoms with Crippen molar-refractivity contribution in [3.05, 3.63) is 51.5 Å². The number of carboxylic acids is 1. The van der Waals surface area contributed by atoms with Gasteiger partial charge in [0.15, 0.2) is 4.34 Å². The molecule has 2 N–H and O–H groups in total. The lowest BCUT2D eigenvalue weighted by Crippen LogP contribution is -2.70. The molecule has 2 aliphatic heterocycles. The van der Waals surface area contributed by atoms with E-state index in [1.54, 1.807) is 0 Å². The first-order valence-electron chi connectivity index (χ1n) is 8.66. The zero-order valence-electron chi connectivity index (χ0n) is 15.2. The summed E-state index contributed by atoms with van der Waals surface area (Å²) >= 11 is 4.03. The van der Waals surface area contributed by atoms with E-state index in [-0.39, 0.29) is 18.0 Å². The number of amides is 2. The Labute approximate surface area is 178 Å². The number of hydrogen-bond donors (Lipinski definition) is 2. The van der Waals surface area contributed by atoms with Gasteiger partial charge in [-0.3, -0.25) is 14.5 Å². The molecule has 1 aromatic carbocycles. The number of nitrogens with zero attached hydrogens (tertiary/aromatic N) is 3. The van der Waals surface area contributed by atoms with Crippen LogP contribution >= 0.6 is 34.9 Å². The maximum absolute atomic E-state index is 12.7. The minimum atomic E-state index is -1.17. The molecule has 0 radical (unpaired) electrons. The van der Waals surface area contributed by atoms with Crippen molar-refractivity contribution in [3.8, 4) is 0 Å². The second kappa shape index (κ2) is 8.17. The minimum Gasteiger partial charge on any atom is -0.477 e. The molecule has 3 heterocycles. The fourth-order valence-electron chi connectivity index (χ4n) is 3.10. The van der Waals surface area contributed by atoms with E-state index in [2.05, 4.69) is 15.5 Å². The number of aryl methyl sites for hydroxylation is 1. The van der Waals surface area contributed by atoms with Crippen molar-refractivity contribution in [2.24, 2.45) is 0 Å². The van der Waals surface area contributed by atoms with Gasteiger partial charge in [-0.05, 0) is 12.5 Å². The second-order valence-corrected chi connectivity index (χ2v) is 10.0. The highest BCUT2D eigenvalue weighted by Crippen LogP contribution is 2.45. The van der Waals surface area contributed by atoms with E-state index in [0.29, 0.717) is 15.0 Å². The lowest BCUT2D eigenvalue weighted by molar-refractivity contribution is -0.150. The van der Waals surface area contributed by atoms with Crippen LogP contribution in [0.2, 0.25) is 0 Å². The van der Waals surface area contributed by atoms with Crippen LogP contribution < -0.4 is 5.32 Å². The van der Waals surface area contributed by atoms with Crippen LogP contribution in [0, 0.1) is 6.92 Å². The Hall–Kier alpha value is -2.37. The molecule has 11 heteroatoms. The molecule has 0 aliphatic carbocycles. The zero-order chi connectivity index (χ0) is 20.5. The average molecular weight is 449 g/mol. The smallest absolute Gasteiger partial charge is 0.353 e. The summed E-state index contributed by atoms with van der Waals surface area (Å²) in [4.78, 5) is 38.7. The van der Waals surface area contributed by atoms with Gasteiger partial charge in [-0.2, -0.15) is 0 Å². The summed E-state index contributed by atoms with van der Waals surface area (Å²) in [6.45, 7) is 1.82. The molecular weight excluding hydrogens is 432 g/mol. The Morgan fingerprint density at radius 1 is 1.31 bits per heavy atom. The molecule has 1 fully saturated rings. The van der Waals surface area contributed by atoms with E-state index >= 15 is 0 Å². The van der Waals surface area contributed by atoms with Gasteiger partial charge in [-0.1, -0.05) is 53.4 Å². The first kappa shape index (κ1) is 19.9. The first-order valence-corrected chi connectivity index (χ1v) is 11.3. The third-order valence-electron chi connectivity index (χ3n) is 4.38. The number of nitrogens with one attached hydrogen (secondary N) is 1. The van der Waals surface area contributed by atoms with Crippen LogP contribution in [0.5, 0.6) is 0 Å². The number of fused-ring (bicyclic) bond motifs is 1. The summed E-state index contributed by atoms with van der Waals surface area (Å²) < 4.78 is 0.635. The van der Waals surface area contributed by atoms with Gasteiger partial charge in [0.1, 0.15) is 22.1 Å². The van der Waals surface area contributed by atoms with Crippen LogP contribution in [0.25, 0.3) is 0 Å². The Kier molecular flexibility index (Phi) is 5.61. The second-order valence-electron chi connectivity index (χ2n) is 6.38. The number of aliphatic carboxylic acids is 1. The number of carbonyl (C=O) groups excluding carboxylic acids is 2. The van der Waals surface area contributed by atoms with Crippen molar-refractivity contribution in [2.45, 2.75) is 29.1 Å². The fraction of sp³-hybridized carbons (Fsp3) is 0.278. The average Bonchev–Trinajstić information content (AvgIpc) is 3.11. The molecule has 0 saturated carbocycles. The Bertz CT molecular complexity index is 1010. The van der Waals surface area contributed by atoms with Crippen LogP contribution in [0.15, 0.2) is 45.3 Å². The van der Waals surface area contributed by atoms with Crippen LogP contribution in [0.1, 0.15) is 10.6 Å². The van der Waals surface area contributed by atoms with Crippen LogP contribution in [-0.4, -0.2) is 55.2 Å². The van der Waals surface area contributed by atoms with Crippen LogP contribution in [-0.2, 0) is 20.8 Å². The van der Waals surface area contributed by atoms with Crippen molar-refractivity contribution in [3.63, 3.8) is 0 Å². The zero-order valence-corrected chi connectivity index (χ0v) is 17.6. The Morgan fingerprint density at radius 2 is 2.07 bits per heavy atom. The number of rotatable bonds is 6. The minimum absolute atomic E-state index is 0.0369. The molecule has 1 saturated heterocycles. The SMILES string of the molecule is Cc1nnc(SC2=C(C(=O)O)N3C(=O)C(NC(=O)Cc4ccccc4)[C@H]3SC2)s1. The quantitative estimate of drug-likeness (QED) is 0.644. The normalized spacial score (nSPS) is 20.9. The molecule has 150 valence electrons. The third-order valence-corrected chi connectivity index (χ3v) is 7.81. The molecule has 1 unspecified atom stereocenters. The maximum atomic E-state index is 12.7. The summed E-state index contributed by atoms with van der Waals surface area (Å²) in [5, 5.41) is 20.8. The van der Waals surface area contributed by atoms with Crippen molar-refractivity contribution in [1.29, 1.82) is 0 Å². The maximum Gasteiger partial charge on any atom is 0.353 e. The highest BCUT2D eigenvalue weighted by Gasteiger charge is 2.54. The standard InChI is InChI=1S/C18H16N4O4S3/c1-9-20-21-18(28-9)29-11-8-27-16-13(15(24)22(16)14(11)17(25)26)19-12(23)7-10-5-3-2-4-6-10/h2-6,13,16H,7-8H2,1H3,(H,19,23)(H,25,26)/t13?,16-/m1/s1. The number of hydrogen-bond acceptors (Lipinski definition) is 8. The largest absolute Gasteiger partial charge is 0.477 e. The molecule has 8 nitrogen and oxygen atoms in total. The number of thioether (sulfide) groups is 2. The van der Waals surface area contributed by atoms with Gasteiger partial charge in [0.25, 0.3) is 5.91 Å². The monoisotopic (exact) mass is 448 g/mol. The summed E-state index contributed by atoms with van der Waals surface area (Å²) in [6, 6.07) is 8.52. The predicted octanol–water partition coefficient (Wildman–Crippen LogP) is 1.88. The van der Waals surface area contributed by atoms with Gasteiger partial charge in [-0.25, -0.2) is 4.79 Å². The molecule has 1 aromatic heterocycles. The topological polar surface area (TPSA) is 112 Å². The molecule has 29 heavy (non-hydrogen) atoms. The molecule has 2 atom stereocenters. The molecule has 2 aromatic rings. The van der Waals surface area contributed by atoms with Gasteiger partial charge < -0.3 is 10.4 Å². The number of benzene rings is 1. The Balaban J connectivity index is 1.47. The van der Waals surface area contributed by atoms with E-state index < -0.39 is 23.3 Å². The first-order chi connectivity index (χ1) is 13.9. The van der Waals surface area contributed by atoms with Crippen molar-refractivity contribution in [1.82, 2.24) is 20.4 Å². The molecule has 2 amide bonds. The summed E-state index contributed by atoms with van der Waals surface area (Å²) in [5.74, 6) is -1.42. The number of aromatic nitrogens is 2. The molecule has 0 bridgehead atoms. The highest BCUT2D eigenvalue weighted by molar-refractivity contribution is 8.07. The van der Waals surface area contributed by atoms with E-state index in [0.717, 1.165) is 10.6 Å². The van der Waals surface area contributed by atoms with E-state index in [1.165, 1.54) is 39.8 Å². The van der Waals surface area contributed by atoms with Gasteiger partial charge in [0.2, 0.25) is 5.91 Å². The van der Waals surface area contributed by atoms with Crippen LogP contribution in [0.4, 0.5) is 0 Å².